The van der Waals surface area contributed by atoms with Gasteiger partial charge in [0.1, 0.15) is 6.29 Å². The van der Waals surface area contributed by atoms with Crippen LogP contribution in [-0.2, 0) is 38.7 Å². The summed E-state index contributed by atoms with van der Waals surface area (Å²) >= 11 is 0. The van der Waals surface area contributed by atoms with Gasteiger partial charge in [0.15, 0.2) is 0 Å². The zero-order valence-electron chi connectivity index (χ0n) is 8.19. The Morgan fingerprint density at radius 3 is 2.93 bits per heavy atom. The molecule has 1 heterocycles. The van der Waals surface area contributed by atoms with Crippen LogP contribution in [0.2, 0.25) is 0 Å². The van der Waals surface area contributed by atoms with E-state index in [4.69, 9.17) is 0 Å². The van der Waals surface area contributed by atoms with E-state index in [0.29, 0.717) is 6.42 Å². The number of aldehydes is 1. The first-order valence-corrected chi connectivity index (χ1v) is 4.13. The average Bonchev–Trinajstić information content (AvgIpc) is 2.51. The predicted octanol–water partition coefficient (Wildman–Crippen LogP) is 2.44. The molecule has 1 aliphatic rings. The van der Waals surface area contributed by atoms with E-state index >= 15 is 0 Å². The number of hydrogen-bond acceptors (Lipinski definition) is 1. The molecule has 0 atom stereocenters. The minimum Gasteiger partial charge on any atom is -0.684 e. The summed E-state index contributed by atoms with van der Waals surface area (Å²) in [5.74, 6) is 0. The molecule has 14 heavy (non-hydrogen) atoms. The van der Waals surface area contributed by atoms with E-state index in [1.807, 2.05) is 12.1 Å². The molecule has 0 bridgehead atoms. The van der Waals surface area contributed by atoms with Crippen LogP contribution < -0.4 is 0 Å². The van der Waals surface area contributed by atoms with E-state index in [9.17, 15) is 4.79 Å². The van der Waals surface area contributed by atoms with Crippen molar-refractivity contribution < 1.29 is 25.9 Å². The summed E-state index contributed by atoms with van der Waals surface area (Å²) in [5.41, 5.74) is 3.49. The molecule has 0 radical (unpaired) electrons. The fourth-order valence-corrected chi connectivity index (χ4v) is 1.51. The van der Waals surface area contributed by atoms with Gasteiger partial charge < -0.3 is 17.5 Å². The van der Waals surface area contributed by atoms with Crippen molar-refractivity contribution in [2.45, 2.75) is 12.8 Å². The van der Waals surface area contributed by atoms with E-state index in [1.54, 1.807) is 0 Å². The fourth-order valence-electron chi connectivity index (χ4n) is 1.51. The molecule has 0 aromatic heterocycles. The summed E-state index contributed by atoms with van der Waals surface area (Å²) in [5, 5.41) is 4.31. The van der Waals surface area contributed by atoms with E-state index in [-0.39, 0.29) is 28.5 Å². The number of hydrogen-bond donors (Lipinski definition) is 0. The second-order valence-corrected chi connectivity index (χ2v) is 2.97. The summed E-state index contributed by atoms with van der Waals surface area (Å²) in [4.78, 5) is 10.3. The number of fused-ring (bicyclic) bond motifs is 1. The second-order valence-electron chi connectivity index (χ2n) is 2.97. The zero-order valence-corrected chi connectivity index (χ0v) is 11.1. The Balaban J connectivity index is 0.000000845. The molecule has 1 aromatic rings. The molecule has 3 heteroatoms. The average molecular weight is 359 g/mol. The number of carbonyl (C=O) groups is 1. The van der Waals surface area contributed by atoms with Gasteiger partial charge in [-0.05, 0) is 12.0 Å². The van der Waals surface area contributed by atoms with Crippen molar-refractivity contribution in [1.29, 1.82) is 0 Å². The van der Waals surface area contributed by atoms with Crippen molar-refractivity contribution in [3.8, 4) is 0 Å². The summed E-state index contributed by atoms with van der Waals surface area (Å²) in [6.07, 6.45) is 2.49. The molecule has 0 amide bonds. The first-order chi connectivity index (χ1) is 5.90. The molecule has 0 N–H and O–H groups in total. The Morgan fingerprint density at radius 2 is 2.21 bits per heavy atom. The molecule has 0 aliphatic carbocycles. The van der Waals surface area contributed by atoms with Gasteiger partial charge in [0, 0.05) is 6.42 Å². The molecule has 0 fully saturated rings. The van der Waals surface area contributed by atoms with Gasteiger partial charge in [-0.15, -0.1) is 12.2 Å². The molecule has 2 rings (SSSR count). The second kappa shape index (κ2) is 5.97. The molecule has 1 aliphatic heterocycles. The van der Waals surface area contributed by atoms with Crippen molar-refractivity contribution in [3.63, 3.8) is 0 Å². The number of nitrogens with zero attached hydrogens (tertiary/aromatic N) is 1. The number of rotatable bonds is 2. The van der Waals surface area contributed by atoms with Crippen LogP contribution in [0.5, 0.6) is 0 Å². The van der Waals surface area contributed by atoms with Gasteiger partial charge in [-0.1, -0.05) is 23.8 Å². The minimum atomic E-state index is 0. The molecule has 1 aromatic carbocycles. The van der Waals surface area contributed by atoms with Gasteiger partial charge in [0.25, 0.3) is 0 Å². The quantitative estimate of drug-likeness (QED) is 0.590. The summed E-state index contributed by atoms with van der Waals surface area (Å²) < 4.78 is 0. The van der Waals surface area contributed by atoms with Crippen LogP contribution in [0.15, 0.2) is 18.2 Å². The van der Waals surface area contributed by atoms with E-state index in [0.717, 1.165) is 30.5 Å². The first kappa shape index (κ1) is 13.4. The van der Waals surface area contributed by atoms with Crippen molar-refractivity contribution in [1.82, 2.24) is 0 Å². The van der Waals surface area contributed by atoms with Gasteiger partial charge >= 0.3 is 21.1 Å². The van der Waals surface area contributed by atoms with Crippen LogP contribution in [0.1, 0.15) is 11.1 Å². The first-order valence-electron chi connectivity index (χ1n) is 4.13. The number of carbonyl (C=O) groups excluding carboxylic acids is 1. The van der Waals surface area contributed by atoms with Gasteiger partial charge in [0.2, 0.25) is 0 Å². The Hall–Kier alpha value is -0.622. The van der Waals surface area contributed by atoms with E-state index in [1.165, 1.54) is 5.56 Å². The SMILES string of the molecule is O=CCc1ccc2c(c1)CC[N-]2.[CH3-].[W+2]. The molecular formula is C11H13NOW. The van der Waals surface area contributed by atoms with Crippen molar-refractivity contribution >= 4 is 12.0 Å². The Kier molecular flexibility index (Phi) is 5.71. The number of benzene rings is 1. The van der Waals surface area contributed by atoms with Gasteiger partial charge in [-0.2, -0.15) is 0 Å². The third kappa shape index (κ3) is 2.68. The van der Waals surface area contributed by atoms with Crippen molar-refractivity contribution in [2.75, 3.05) is 6.54 Å². The monoisotopic (exact) mass is 359 g/mol. The summed E-state index contributed by atoms with van der Waals surface area (Å²) in [7, 11) is 0. The van der Waals surface area contributed by atoms with Gasteiger partial charge in [-0.25, -0.2) is 0 Å². The molecule has 0 saturated carbocycles. The Morgan fingerprint density at radius 1 is 1.43 bits per heavy atom. The van der Waals surface area contributed by atoms with E-state index in [2.05, 4.69) is 11.4 Å². The van der Waals surface area contributed by atoms with Crippen LogP contribution in [0, 0.1) is 7.43 Å². The maximum atomic E-state index is 10.3. The normalized spacial score (nSPS) is 11.7. The third-order valence-electron chi connectivity index (χ3n) is 2.13. The van der Waals surface area contributed by atoms with Crippen molar-refractivity contribution in [2.24, 2.45) is 0 Å². The minimum absolute atomic E-state index is 0. The maximum absolute atomic E-state index is 10.3. The van der Waals surface area contributed by atoms with Crippen LogP contribution in [0.25, 0.3) is 5.32 Å². The summed E-state index contributed by atoms with van der Waals surface area (Å²) in [6.45, 7) is 0.903. The molecule has 74 valence electrons. The zero-order chi connectivity index (χ0) is 8.39. The Labute approximate surface area is 99.4 Å². The van der Waals surface area contributed by atoms with Crippen LogP contribution in [0.4, 0.5) is 5.69 Å². The van der Waals surface area contributed by atoms with Crippen molar-refractivity contribution in [3.05, 3.63) is 42.1 Å². The van der Waals surface area contributed by atoms with Crippen LogP contribution >= 0.6 is 0 Å². The van der Waals surface area contributed by atoms with Gasteiger partial charge in [0.05, 0.1) is 0 Å². The third-order valence-corrected chi connectivity index (χ3v) is 2.13. The Bertz CT molecular complexity index is 312. The molecular weight excluding hydrogens is 346 g/mol. The molecule has 2 nitrogen and oxygen atoms in total. The summed E-state index contributed by atoms with van der Waals surface area (Å²) in [6, 6.07) is 6.06. The van der Waals surface area contributed by atoms with Crippen LogP contribution in [-0.4, -0.2) is 12.8 Å². The molecule has 0 unspecified atom stereocenters. The van der Waals surface area contributed by atoms with E-state index < -0.39 is 0 Å². The van der Waals surface area contributed by atoms with Gasteiger partial charge in [-0.3, -0.25) is 0 Å². The topological polar surface area (TPSA) is 31.2 Å². The maximum Gasteiger partial charge on any atom is 2.00 e. The van der Waals surface area contributed by atoms with Crippen LogP contribution in [0.3, 0.4) is 0 Å². The molecule has 0 saturated heterocycles. The fraction of sp³-hybridized carbons (Fsp3) is 0.273. The standard InChI is InChI=1S/C10H10NO.CH3.W/c12-6-4-8-1-2-10-9(7-8)3-5-11-10;;/h1-2,6-7H,3-5H2;1H3;/q2*-1;+2. The predicted molar refractivity (Wildman–Crippen MR) is 54.2 cm³/mol. The smallest absolute Gasteiger partial charge is 0.684 e. The molecule has 0 spiro atoms. The largest absolute Gasteiger partial charge is 2.00 e.